The summed E-state index contributed by atoms with van der Waals surface area (Å²) in [5.41, 5.74) is 0.605. The Morgan fingerprint density at radius 3 is 2.74 bits per heavy atom. The van der Waals surface area contributed by atoms with Crippen molar-refractivity contribution < 1.29 is 14.2 Å². The van der Waals surface area contributed by atoms with Crippen LogP contribution in [-0.2, 0) is 0 Å². The summed E-state index contributed by atoms with van der Waals surface area (Å²) in [5.74, 6) is 0.699. The lowest BCUT2D eigenvalue weighted by molar-refractivity contribution is 0.169. The first kappa shape index (κ1) is 14.0. The van der Waals surface area contributed by atoms with E-state index in [1.807, 2.05) is 6.92 Å². The number of rotatable bonds is 4. The molecule has 1 heterocycles. The van der Waals surface area contributed by atoms with Crippen molar-refractivity contribution in [1.82, 2.24) is 4.98 Å². The molecule has 0 radical (unpaired) electrons. The molecule has 1 atom stereocenters. The normalized spacial score (nSPS) is 12.2. The number of aliphatic hydroxyl groups is 1. The topological polar surface area (TPSA) is 42.4 Å². The summed E-state index contributed by atoms with van der Waals surface area (Å²) in [4.78, 5) is 4.13. The fourth-order valence-electron chi connectivity index (χ4n) is 1.54. The van der Waals surface area contributed by atoms with Gasteiger partial charge in [0.25, 0.3) is 0 Å². The molecule has 0 saturated carbocycles. The van der Waals surface area contributed by atoms with Gasteiger partial charge in [-0.25, -0.2) is 4.39 Å². The third-order valence-electron chi connectivity index (χ3n) is 2.61. The van der Waals surface area contributed by atoms with Crippen LogP contribution in [0.25, 0.3) is 0 Å². The van der Waals surface area contributed by atoms with Crippen molar-refractivity contribution in [3.63, 3.8) is 0 Å². The van der Waals surface area contributed by atoms with E-state index < -0.39 is 6.10 Å². The van der Waals surface area contributed by atoms with Gasteiger partial charge >= 0.3 is 0 Å². The van der Waals surface area contributed by atoms with Crippen LogP contribution in [0.2, 0.25) is 0 Å². The highest BCUT2D eigenvalue weighted by atomic mass is 79.9. The molecule has 0 amide bonds. The van der Waals surface area contributed by atoms with E-state index in [2.05, 4.69) is 20.9 Å². The quantitative estimate of drug-likeness (QED) is 0.915. The van der Waals surface area contributed by atoms with E-state index in [9.17, 15) is 9.50 Å². The average molecular weight is 326 g/mol. The molecule has 2 aromatic rings. The van der Waals surface area contributed by atoms with E-state index in [-0.39, 0.29) is 5.82 Å². The first-order chi connectivity index (χ1) is 9.10. The molecule has 1 aromatic heterocycles. The van der Waals surface area contributed by atoms with Crippen molar-refractivity contribution in [1.29, 1.82) is 0 Å². The Hall–Kier alpha value is -1.46. The van der Waals surface area contributed by atoms with Crippen LogP contribution >= 0.6 is 15.9 Å². The maximum absolute atomic E-state index is 12.9. The van der Waals surface area contributed by atoms with Gasteiger partial charge < -0.3 is 9.84 Å². The Balaban J connectivity index is 2.15. The summed E-state index contributed by atoms with van der Waals surface area (Å²) in [7, 11) is 0. The molecular weight excluding hydrogens is 313 g/mol. The van der Waals surface area contributed by atoms with Gasteiger partial charge in [-0.3, -0.25) is 4.98 Å². The molecule has 19 heavy (non-hydrogen) atoms. The van der Waals surface area contributed by atoms with E-state index in [1.54, 1.807) is 12.1 Å². The number of benzene rings is 1. The van der Waals surface area contributed by atoms with Crippen molar-refractivity contribution in [2.75, 3.05) is 0 Å². The lowest BCUT2D eigenvalue weighted by Crippen LogP contribution is -1.98. The molecule has 1 aromatic carbocycles. The van der Waals surface area contributed by atoms with E-state index in [0.717, 1.165) is 0 Å². The first-order valence-corrected chi connectivity index (χ1v) is 6.66. The molecule has 0 unspecified atom stereocenters. The molecule has 3 nitrogen and oxygen atoms in total. The van der Waals surface area contributed by atoms with Crippen LogP contribution in [0, 0.1) is 5.82 Å². The Morgan fingerprint density at radius 1 is 1.37 bits per heavy atom. The van der Waals surface area contributed by atoms with Crippen molar-refractivity contribution >= 4 is 15.9 Å². The Morgan fingerprint density at radius 2 is 2.16 bits per heavy atom. The zero-order valence-electron chi connectivity index (χ0n) is 10.3. The summed E-state index contributed by atoms with van der Waals surface area (Å²) < 4.78 is 19.0. The van der Waals surface area contributed by atoms with Gasteiger partial charge in [-0.05, 0) is 52.7 Å². The molecule has 0 spiro atoms. The molecule has 1 N–H and O–H groups in total. The Bertz CT molecular complexity index is 560. The van der Waals surface area contributed by atoms with E-state index in [1.165, 1.54) is 24.4 Å². The molecule has 0 aliphatic rings. The number of pyridine rings is 1. The molecule has 0 fully saturated rings. The molecule has 2 rings (SSSR count). The second-order valence-corrected chi connectivity index (χ2v) is 4.87. The van der Waals surface area contributed by atoms with Gasteiger partial charge in [0.15, 0.2) is 0 Å². The molecule has 5 heteroatoms. The highest BCUT2D eigenvalue weighted by Crippen LogP contribution is 2.30. The highest BCUT2D eigenvalue weighted by molar-refractivity contribution is 9.10. The van der Waals surface area contributed by atoms with Gasteiger partial charge in [0.2, 0.25) is 0 Å². The van der Waals surface area contributed by atoms with Crippen molar-refractivity contribution in [3.05, 3.63) is 52.5 Å². The molecular formula is C14H13BrFNO2. The van der Waals surface area contributed by atoms with Gasteiger partial charge in [-0.15, -0.1) is 0 Å². The minimum Gasteiger partial charge on any atom is -0.455 e. The van der Waals surface area contributed by atoms with Crippen molar-refractivity contribution in [3.8, 4) is 11.5 Å². The van der Waals surface area contributed by atoms with E-state index >= 15 is 0 Å². The van der Waals surface area contributed by atoms with Crippen LogP contribution in [0.4, 0.5) is 4.39 Å². The summed E-state index contributed by atoms with van der Waals surface area (Å²) in [6.45, 7) is 1.88. The number of nitrogens with zero attached hydrogens (tertiary/aromatic N) is 1. The molecule has 0 saturated heterocycles. The van der Waals surface area contributed by atoms with Gasteiger partial charge in [0, 0.05) is 0 Å². The predicted octanol–water partition coefficient (Wildman–Crippen LogP) is 4.22. The number of ether oxygens (including phenoxy) is 1. The lowest BCUT2D eigenvalue weighted by atomic mass is 10.2. The number of hydrogen-bond acceptors (Lipinski definition) is 3. The summed E-state index contributed by atoms with van der Waals surface area (Å²) >= 11 is 3.23. The summed E-state index contributed by atoms with van der Waals surface area (Å²) in [6, 6.07) is 7.62. The monoisotopic (exact) mass is 325 g/mol. The van der Waals surface area contributed by atoms with Crippen LogP contribution in [0.1, 0.15) is 25.1 Å². The standard InChI is InChI=1S/C14H13BrFNO2/c1-2-13(18)12-5-4-10(8-17-12)19-14-6-3-9(16)7-11(14)15/h3-8,13,18H,2H2,1H3/t13-/m1/s1. The largest absolute Gasteiger partial charge is 0.455 e. The number of aromatic nitrogens is 1. The fraction of sp³-hybridized carbons (Fsp3) is 0.214. The first-order valence-electron chi connectivity index (χ1n) is 5.87. The SMILES string of the molecule is CC[C@@H](O)c1ccc(Oc2ccc(F)cc2Br)cn1. The zero-order valence-corrected chi connectivity index (χ0v) is 11.9. The lowest BCUT2D eigenvalue weighted by Gasteiger charge is -2.10. The minimum absolute atomic E-state index is 0.334. The Labute approximate surface area is 119 Å². The second kappa shape index (κ2) is 6.12. The maximum Gasteiger partial charge on any atom is 0.145 e. The third-order valence-corrected chi connectivity index (χ3v) is 3.23. The second-order valence-electron chi connectivity index (χ2n) is 4.02. The number of halogens is 2. The van der Waals surface area contributed by atoms with Gasteiger partial charge in [0.05, 0.1) is 22.5 Å². The average Bonchev–Trinajstić information content (AvgIpc) is 2.42. The van der Waals surface area contributed by atoms with Gasteiger partial charge in [-0.2, -0.15) is 0 Å². The summed E-state index contributed by atoms with van der Waals surface area (Å²) in [5, 5.41) is 9.63. The molecule has 100 valence electrons. The van der Waals surface area contributed by atoms with Crippen LogP contribution in [0.5, 0.6) is 11.5 Å². The molecule has 0 bridgehead atoms. The van der Waals surface area contributed by atoms with Crippen LogP contribution in [0.15, 0.2) is 41.0 Å². The smallest absolute Gasteiger partial charge is 0.145 e. The van der Waals surface area contributed by atoms with Crippen LogP contribution in [-0.4, -0.2) is 10.1 Å². The maximum atomic E-state index is 12.9. The molecule has 0 aliphatic heterocycles. The predicted molar refractivity (Wildman–Crippen MR) is 73.7 cm³/mol. The number of hydrogen-bond donors (Lipinski definition) is 1. The zero-order chi connectivity index (χ0) is 13.8. The highest BCUT2D eigenvalue weighted by Gasteiger charge is 2.08. The number of aliphatic hydroxyl groups excluding tert-OH is 1. The van der Waals surface area contributed by atoms with E-state index in [0.29, 0.717) is 28.1 Å². The van der Waals surface area contributed by atoms with Crippen LogP contribution in [0.3, 0.4) is 0 Å². The summed E-state index contributed by atoms with van der Waals surface area (Å²) in [6.07, 6.45) is 1.58. The van der Waals surface area contributed by atoms with Gasteiger partial charge in [0.1, 0.15) is 17.3 Å². The van der Waals surface area contributed by atoms with Crippen LogP contribution < -0.4 is 4.74 Å². The van der Waals surface area contributed by atoms with Gasteiger partial charge in [-0.1, -0.05) is 6.92 Å². The van der Waals surface area contributed by atoms with Crippen molar-refractivity contribution in [2.45, 2.75) is 19.4 Å². The molecule has 0 aliphatic carbocycles. The van der Waals surface area contributed by atoms with E-state index in [4.69, 9.17) is 4.74 Å². The Kier molecular flexibility index (Phi) is 4.50. The third kappa shape index (κ3) is 3.52. The fourth-order valence-corrected chi connectivity index (χ4v) is 1.98. The van der Waals surface area contributed by atoms with Crippen molar-refractivity contribution in [2.24, 2.45) is 0 Å². The minimum atomic E-state index is -0.563.